The summed E-state index contributed by atoms with van der Waals surface area (Å²) in [5, 5.41) is 3.71. The molecule has 1 aliphatic rings. The topological polar surface area (TPSA) is 21.3 Å². The van der Waals surface area contributed by atoms with Crippen LogP contribution in [0.3, 0.4) is 0 Å². The molecule has 1 saturated carbocycles. The summed E-state index contributed by atoms with van der Waals surface area (Å²) in [7, 11) is 1.81. The molecule has 0 heterocycles. The number of methoxy groups -OCH3 is 1. The molecular weight excluding hydrogens is 186 g/mol. The van der Waals surface area contributed by atoms with E-state index in [4.69, 9.17) is 4.74 Å². The summed E-state index contributed by atoms with van der Waals surface area (Å²) in [4.78, 5) is 0. The van der Waals surface area contributed by atoms with Crippen molar-refractivity contribution in [2.45, 2.75) is 57.9 Å². The third-order valence-electron chi connectivity index (χ3n) is 3.51. The summed E-state index contributed by atoms with van der Waals surface area (Å²) in [6.45, 7) is 4.34. The predicted octanol–water partition coefficient (Wildman–Crippen LogP) is 2.97. The van der Waals surface area contributed by atoms with Gasteiger partial charge in [0.15, 0.2) is 0 Å². The van der Waals surface area contributed by atoms with Gasteiger partial charge >= 0.3 is 0 Å². The second kappa shape index (κ2) is 8.12. The predicted molar refractivity (Wildman–Crippen MR) is 65.1 cm³/mol. The standard InChI is InChI=1S/C13H27NO/c1-3-10-14-13-8-6-4-5-7-12(13)9-11-15-2/h12-14H,3-11H2,1-2H3. The lowest BCUT2D eigenvalue weighted by Gasteiger charge is -2.26. The molecule has 0 spiro atoms. The molecule has 2 heteroatoms. The van der Waals surface area contributed by atoms with E-state index in [1.54, 1.807) is 0 Å². The van der Waals surface area contributed by atoms with Crippen LogP contribution in [-0.4, -0.2) is 26.3 Å². The molecule has 90 valence electrons. The van der Waals surface area contributed by atoms with Gasteiger partial charge in [-0.3, -0.25) is 0 Å². The maximum Gasteiger partial charge on any atom is 0.0465 e. The summed E-state index contributed by atoms with van der Waals surface area (Å²) in [5.41, 5.74) is 0. The van der Waals surface area contributed by atoms with Crippen molar-refractivity contribution >= 4 is 0 Å². The Hall–Kier alpha value is -0.0800. The SMILES string of the molecule is CCCNC1CCCCCC1CCOC. The maximum atomic E-state index is 5.21. The van der Waals surface area contributed by atoms with E-state index in [-0.39, 0.29) is 0 Å². The molecule has 0 bridgehead atoms. The zero-order valence-corrected chi connectivity index (χ0v) is 10.4. The Bertz CT molecular complexity index is 133. The molecule has 2 atom stereocenters. The van der Waals surface area contributed by atoms with Gasteiger partial charge in [-0.25, -0.2) is 0 Å². The average Bonchev–Trinajstić information content (AvgIpc) is 2.48. The smallest absolute Gasteiger partial charge is 0.0465 e. The van der Waals surface area contributed by atoms with Crippen LogP contribution in [0.15, 0.2) is 0 Å². The zero-order valence-electron chi connectivity index (χ0n) is 10.4. The molecule has 0 radical (unpaired) electrons. The lowest BCUT2D eigenvalue weighted by molar-refractivity contribution is 0.162. The lowest BCUT2D eigenvalue weighted by Crippen LogP contribution is -2.36. The molecule has 2 unspecified atom stereocenters. The normalized spacial score (nSPS) is 27.6. The van der Waals surface area contributed by atoms with Crippen LogP contribution in [0, 0.1) is 5.92 Å². The number of ether oxygens (including phenoxy) is 1. The molecule has 0 saturated heterocycles. The minimum Gasteiger partial charge on any atom is -0.385 e. The van der Waals surface area contributed by atoms with Gasteiger partial charge in [-0.05, 0) is 38.1 Å². The fraction of sp³-hybridized carbons (Fsp3) is 1.00. The molecule has 0 amide bonds. The fourth-order valence-corrected chi connectivity index (χ4v) is 2.60. The van der Waals surface area contributed by atoms with Crippen molar-refractivity contribution < 1.29 is 4.74 Å². The van der Waals surface area contributed by atoms with E-state index < -0.39 is 0 Å². The average molecular weight is 213 g/mol. The molecule has 2 nitrogen and oxygen atoms in total. The van der Waals surface area contributed by atoms with E-state index in [1.807, 2.05) is 7.11 Å². The summed E-state index contributed by atoms with van der Waals surface area (Å²) in [6, 6.07) is 0.752. The van der Waals surface area contributed by atoms with Crippen LogP contribution in [-0.2, 0) is 4.74 Å². The molecule has 15 heavy (non-hydrogen) atoms. The Morgan fingerprint density at radius 3 is 2.73 bits per heavy atom. The highest BCUT2D eigenvalue weighted by Crippen LogP contribution is 2.26. The van der Waals surface area contributed by atoms with E-state index in [9.17, 15) is 0 Å². The maximum absolute atomic E-state index is 5.21. The third kappa shape index (κ3) is 4.98. The second-order valence-electron chi connectivity index (χ2n) is 4.74. The molecule has 1 fully saturated rings. The van der Waals surface area contributed by atoms with E-state index in [2.05, 4.69) is 12.2 Å². The second-order valence-corrected chi connectivity index (χ2v) is 4.74. The molecule has 0 aromatic rings. The first kappa shape index (κ1) is 13.0. The number of hydrogen-bond donors (Lipinski definition) is 1. The highest BCUT2D eigenvalue weighted by molar-refractivity contribution is 4.79. The first-order valence-corrected chi connectivity index (χ1v) is 6.60. The van der Waals surface area contributed by atoms with Crippen molar-refractivity contribution in [2.75, 3.05) is 20.3 Å². The summed E-state index contributed by atoms with van der Waals surface area (Å²) in [5.74, 6) is 0.846. The van der Waals surface area contributed by atoms with Crippen LogP contribution in [0.2, 0.25) is 0 Å². The summed E-state index contributed by atoms with van der Waals surface area (Å²) >= 11 is 0. The first-order chi connectivity index (χ1) is 7.38. The quantitative estimate of drug-likeness (QED) is 0.685. The molecule has 0 aliphatic heterocycles. The van der Waals surface area contributed by atoms with E-state index in [1.165, 1.54) is 51.5 Å². The first-order valence-electron chi connectivity index (χ1n) is 6.60. The minimum atomic E-state index is 0.752. The van der Waals surface area contributed by atoms with Gasteiger partial charge in [-0.1, -0.05) is 26.2 Å². The van der Waals surface area contributed by atoms with Crippen molar-refractivity contribution in [1.82, 2.24) is 5.32 Å². The van der Waals surface area contributed by atoms with E-state index >= 15 is 0 Å². The highest BCUT2D eigenvalue weighted by atomic mass is 16.5. The Morgan fingerprint density at radius 1 is 1.20 bits per heavy atom. The van der Waals surface area contributed by atoms with Crippen LogP contribution >= 0.6 is 0 Å². The van der Waals surface area contributed by atoms with Crippen molar-refractivity contribution in [2.24, 2.45) is 5.92 Å². The Balaban J connectivity index is 2.35. The van der Waals surface area contributed by atoms with Gasteiger partial charge in [0, 0.05) is 19.8 Å². The Labute approximate surface area is 94.8 Å². The van der Waals surface area contributed by atoms with Gasteiger partial charge in [0.25, 0.3) is 0 Å². The van der Waals surface area contributed by atoms with Gasteiger partial charge in [0.05, 0.1) is 0 Å². The molecule has 1 aliphatic carbocycles. The van der Waals surface area contributed by atoms with E-state index in [0.29, 0.717) is 0 Å². The summed E-state index contributed by atoms with van der Waals surface area (Å²) < 4.78 is 5.21. The molecule has 1 N–H and O–H groups in total. The largest absolute Gasteiger partial charge is 0.385 e. The summed E-state index contributed by atoms with van der Waals surface area (Å²) in [6.07, 6.45) is 9.49. The van der Waals surface area contributed by atoms with Crippen LogP contribution in [0.1, 0.15) is 51.9 Å². The molecule has 1 rings (SSSR count). The van der Waals surface area contributed by atoms with Crippen LogP contribution in [0.5, 0.6) is 0 Å². The molecular formula is C13H27NO. The Morgan fingerprint density at radius 2 is 2.00 bits per heavy atom. The minimum absolute atomic E-state index is 0.752. The molecule has 0 aromatic heterocycles. The van der Waals surface area contributed by atoms with Gasteiger partial charge < -0.3 is 10.1 Å². The van der Waals surface area contributed by atoms with Gasteiger partial charge in [0.2, 0.25) is 0 Å². The van der Waals surface area contributed by atoms with Crippen LogP contribution in [0.25, 0.3) is 0 Å². The van der Waals surface area contributed by atoms with Gasteiger partial charge in [-0.15, -0.1) is 0 Å². The van der Waals surface area contributed by atoms with Gasteiger partial charge in [0.1, 0.15) is 0 Å². The van der Waals surface area contributed by atoms with Gasteiger partial charge in [-0.2, -0.15) is 0 Å². The Kier molecular flexibility index (Phi) is 7.03. The number of nitrogens with one attached hydrogen (secondary N) is 1. The number of hydrogen-bond acceptors (Lipinski definition) is 2. The van der Waals surface area contributed by atoms with Crippen molar-refractivity contribution in [1.29, 1.82) is 0 Å². The van der Waals surface area contributed by atoms with Crippen molar-refractivity contribution in [3.05, 3.63) is 0 Å². The zero-order chi connectivity index (χ0) is 10.9. The van der Waals surface area contributed by atoms with E-state index in [0.717, 1.165) is 18.6 Å². The fourth-order valence-electron chi connectivity index (χ4n) is 2.60. The molecule has 0 aromatic carbocycles. The number of rotatable bonds is 6. The van der Waals surface area contributed by atoms with Crippen LogP contribution in [0.4, 0.5) is 0 Å². The van der Waals surface area contributed by atoms with Crippen molar-refractivity contribution in [3.63, 3.8) is 0 Å². The van der Waals surface area contributed by atoms with Crippen LogP contribution < -0.4 is 5.32 Å². The lowest BCUT2D eigenvalue weighted by atomic mass is 9.92. The van der Waals surface area contributed by atoms with Crippen molar-refractivity contribution in [3.8, 4) is 0 Å². The monoisotopic (exact) mass is 213 g/mol. The highest BCUT2D eigenvalue weighted by Gasteiger charge is 2.22. The third-order valence-corrected chi connectivity index (χ3v) is 3.51.